The van der Waals surface area contributed by atoms with Crippen LogP contribution >= 0.6 is 34.7 Å². The lowest BCUT2D eigenvalue weighted by Gasteiger charge is -2.21. The van der Waals surface area contributed by atoms with Crippen molar-refractivity contribution in [3.8, 4) is 5.75 Å². The molecule has 0 radical (unpaired) electrons. The van der Waals surface area contributed by atoms with Crippen LogP contribution < -0.4 is 14.4 Å². The molecule has 1 aromatic heterocycles. The summed E-state index contributed by atoms with van der Waals surface area (Å²) < 4.78 is 32.2. The van der Waals surface area contributed by atoms with Gasteiger partial charge in [-0.05, 0) is 24.1 Å². The third-order valence-electron chi connectivity index (χ3n) is 3.92. The summed E-state index contributed by atoms with van der Waals surface area (Å²) in [5, 5.41) is 11.5. The molecule has 1 aliphatic heterocycles. The average Bonchev–Trinajstić information content (AvgIpc) is 2.97. The van der Waals surface area contributed by atoms with Gasteiger partial charge >= 0.3 is 0 Å². The first-order valence-electron chi connectivity index (χ1n) is 8.84. The molecular formula is C17H21ClN4O4S3. The summed E-state index contributed by atoms with van der Waals surface area (Å²) in [7, 11) is -3.56. The quantitative estimate of drug-likeness (QED) is 0.502. The molecule has 0 unspecified atom stereocenters. The molecule has 3 rings (SSSR count). The number of halogens is 1. The van der Waals surface area contributed by atoms with E-state index in [1.807, 2.05) is 0 Å². The zero-order chi connectivity index (χ0) is 21.2. The van der Waals surface area contributed by atoms with Crippen LogP contribution in [0.15, 0.2) is 22.5 Å². The molecule has 0 saturated carbocycles. The van der Waals surface area contributed by atoms with Gasteiger partial charge in [-0.15, -0.1) is 10.2 Å². The number of sulfonamides is 1. The molecule has 1 amide bonds. The van der Waals surface area contributed by atoms with Crippen molar-refractivity contribution < 1.29 is 17.9 Å². The van der Waals surface area contributed by atoms with Crippen LogP contribution in [0.4, 0.5) is 10.8 Å². The number of anilines is 2. The molecule has 0 saturated heterocycles. The molecule has 158 valence electrons. The van der Waals surface area contributed by atoms with Crippen LogP contribution in [0.3, 0.4) is 0 Å². The van der Waals surface area contributed by atoms with E-state index in [2.05, 4.69) is 29.4 Å². The minimum Gasteiger partial charge on any atom is -0.478 e. The highest BCUT2D eigenvalue weighted by Gasteiger charge is 2.31. The third-order valence-corrected chi connectivity index (χ3v) is 7.74. The number of hydrogen-bond acceptors (Lipinski definition) is 8. The molecule has 0 aliphatic carbocycles. The fraction of sp³-hybridized carbons (Fsp3) is 0.471. The fourth-order valence-electron chi connectivity index (χ4n) is 2.62. The molecule has 2 heterocycles. The van der Waals surface area contributed by atoms with E-state index in [1.165, 1.54) is 21.7 Å². The maximum Gasteiger partial charge on any atom is 0.267 e. The Labute approximate surface area is 183 Å². The molecule has 2 aromatic rings. The largest absolute Gasteiger partial charge is 0.478 e. The number of hydrogen-bond donors (Lipinski definition) is 1. The summed E-state index contributed by atoms with van der Waals surface area (Å²) >= 11 is 8.91. The van der Waals surface area contributed by atoms with Gasteiger partial charge in [0, 0.05) is 23.7 Å². The van der Waals surface area contributed by atoms with Gasteiger partial charge in [0.15, 0.2) is 10.4 Å². The Morgan fingerprint density at radius 2 is 2.21 bits per heavy atom. The van der Waals surface area contributed by atoms with Gasteiger partial charge in [0.1, 0.15) is 5.75 Å². The van der Waals surface area contributed by atoms with Crippen LogP contribution in [-0.4, -0.2) is 49.2 Å². The lowest BCUT2D eigenvalue weighted by Crippen LogP contribution is -2.35. The smallest absolute Gasteiger partial charge is 0.267 e. The molecule has 1 aromatic carbocycles. The SMILES string of the molecule is CC(C)CSc1nnc(NC(=O)[C@@H]2CCN(S(C)(=O)=O)c3cc(Cl)ccc3O2)s1. The molecule has 0 fully saturated rings. The van der Waals surface area contributed by atoms with E-state index in [9.17, 15) is 13.2 Å². The number of nitrogens with one attached hydrogen (secondary N) is 1. The number of amides is 1. The van der Waals surface area contributed by atoms with Crippen molar-refractivity contribution in [2.45, 2.75) is 30.7 Å². The van der Waals surface area contributed by atoms with Gasteiger partial charge in [0.05, 0.1) is 11.9 Å². The molecule has 12 heteroatoms. The number of carbonyl (C=O) groups excluding carboxylic acids is 1. The molecule has 1 N–H and O–H groups in total. The van der Waals surface area contributed by atoms with E-state index in [0.717, 1.165) is 16.3 Å². The first kappa shape index (κ1) is 22.1. The van der Waals surface area contributed by atoms with Crippen molar-refractivity contribution in [3.63, 3.8) is 0 Å². The first-order chi connectivity index (χ1) is 13.6. The summed E-state index contributed by atoms with van der Waals surface area (Å²) in [6.07, 6.45) is 0.409. The van der Waals surface area contributed by atoms with Gasteiger partial charge in [0.25, 0.3) is 5.91 Å². The number of rotatable bonds is 6. The van der Waals surface area contributed by atoms with E-state index >= 15 is 0 Å². The maximum absolute atomic E-state index is 12.7. The van der Waals surface area contributed by atoms with Crippen molar-refractivity contribution in [2.75, 3.05) is 28.2 Å². The molecule has 0 bridgehead atoms. The first-order valence-corrected chi connectivity index (χ1v) is 12.9. The minimum absolute atomic E-state index is 0.0931. The number of thioether (sulfide) groups is 1. The number of fused-ring (bicyclic) bond motifs is 1. The summed E-state index contributed by atoms with van der Waals surface area (Å²) in [6.45, 7) is 4.33. The topological polar surface area (TPSA) is 101 Å². The van der Waals surface area contributed by atoms with Gasteiger partial charge in [-0.2, -0.15) is 0 Å². The van der Waals surface area contributed by atoms with E-state index in [1.54, 1.807) is 23.9 Å². The molecule has 8 nitrogen and oxygen atoms in total. The highest BCUT2D eigenvalue weighted by Crippen LogP contribution is 2.36. The second-order valence-corrected chi connectivity index (χ2v) is 11.5. The van der Waals surface area contributed by atoms with E-state index in [4.69, 9.17) is 16.3 Å². The maximum atomic E-state index is 12.7. The molecule has 1 atom stereocenters. The highest BCUT2D eigenvalue weighted by molar-refractivity contribution is 8.01. The molecule has 29 heavy (non-hydrogen) atoms. The Morgan fingerprint density at radius 3 is 2.90 bits per heavy atom. The van der Waals surface area contributed by atoms with E-state index in [0.29, 0.717) is 21.8 Å². The third kappa shape index (κ3) is 5.74. The van der Waals surface area contributed by atoms with Crippen molar-refractivity contribution in [1.29, 1.82) is 0 Å². The Morgan fingerprint density at radius 1 is 1.45 bits per heavy atom. The van der Waals surface area contributed by atoms with Crippen molar-refractivity contribution >= 4 is 61.4 Å². The predicted molar refractivity (Wildman–Crippen MR) is 117 cm³/mol. The predicted octanol–water partition coefficient (Wildman–Crippen LogP) is 3.50. The van der Waals surface area contributed by atoms with Gasteiger partial charge in [-0.3, -0.25) is 14.4 Å². The minimum atomic E-state index is -3.56. The van der Waals surface area contributed by atoms with Crippen LogP contribution in [-0.2, 0) is 14.8 Å². The van der Waals surface area contributed by atoms with Crippen LogP contribution in [0.2, 0.25) is 5.02 Å². The zero-order valence-corrected chi connectivity index (χ0v) is 19.3. The van der Waals surface area contributed by atoms with E-state index < -0.39 is 22.0 Å². The summed E-state index contributed by atoms with van der Waals surface area (Å²) in [4.78, 5) is 12.7. The number of benzene rings is 1. The summed E-state index contributed by atoms with van der Waals surface area (Å²) in [5.74, 6) is 1.31. The van der Waals surface area contributed by atoms with Gasteiger partial charge in [-0.1, -0.05) is 48.5 Å². The Bertz CT molecular complexity index is 996. The lowest BCUT2D eigenvalue weighted by molar-refractivity contribution is -0.122. The number of nitrogens with zero attached hydrogens (tertiary/aromatic N) is 3. The monoisotopic (exact) mass is 476 g/mol. The Balaban J connectivity index is 1.75. The van der Waals surface area contributed by atoms with Gasteiger partial charge in [-0.25, -0.2) is 8.42 Å². The normalized spacial score (nSPS) is 16.9. The zero-order valence-electron chi connectivity index (χ0n) is 16.1. The summed E-state index contributed by atoms with van der Waals surface area (Å²) in [5.41, 5.74) is 0.318. The van der Waals surface area contributed by atoms with Crippen LogP contribution in [0, 0.1) is 5.92 Å². The molecule has 1 aliphatic rings. The van der Waals surface area contributed by atoms with Gasteiger partial charge < -0.3 is 4.74 Å². The van der Waals surface area contributed by atoms with Crippen LogP contribution in [0.25, 0.3) is 0 Å². The molecular weight excluding hydrogens is 456 g/mol. The fourth-order valence-corrected chi connectivity index (χ4v) is 5.46. The second kappa shape index (κ2) is 9.07. The van der Waals surface area contributed by atoms with Crippen LogP contribution in [0.5, 0.6) is 5.75 Å². The van der Waals surface area contributed by atoms with E-state index in [-0.39, 0.29) is 18.7 Å². The Kier molecular flexibility index (Phi) is 6.92. The highest BCUT2D eigenvalue weighted by atomic mass is 35.5. The molecule has 0 spiro atoms. The van der Waals surface area contributed by atoms with Crippen molar-refractivity contribution in [2.24, 2.45) is 5.92 Å². The lowest BCUT2D eigenvalue weighted by atomic mass is 10.2. The van der Waals surface area contributed by atoms with Gasteiger partial charge in [0.2, 0.25) is 15.2 Å². The number of ether oxygens (including phenoxy) is 1. The standard InChI is InChI=1S/C17H21ClN4O4S3/c1-10(2)9-27-17-21-20-16(28-17)19-15(23)14-6-7-22(29(3,24)25)12-8-11(18)4-5-13(12)26-14/h4-5,8,10,14H,6-7,9H2,1-3H3,(H,19,20,23)/t14-/m0/s1. The number of carbonyl (C=O) groups is 1. The van der Waals surface area contributed by atoms with Crippen LogP contribution in [0.1, 0.15) is 20.3 Å². The average molecular weight is 477 g/mol. The number of aromatic nitrogens is 2. The van der Waals surface area contributed by atoms with Crippen molar-refractivity contribution in [3.05, 3.63) is 23.2 Å². The second-order valence-electron chi connectivity index (χ2n) is 6.91. The Hall–Kier alpha value is -1.56. The van der Waals surface area contributed by atoms with Crippen molar-refractivity contribution in [1.82, 2.24) is 10.2 Å². The summed E-state index contributed by atoms with van der Waals surface area (Å²) in [6, 6.07) is 4.67.